The van der Waals surface area contributed by atoms with Gasteiger partial charge in [-0.25, -0.2) is 5.84 Å². The Hall–Kier alpha value is -1.67. The minimum Gasteiger partial charge on any atom is -0.461 e. The summed E-state index contributed by atoms with van der Waals surface area (Å²) in [5, 5.41) is 3.22. The molecular weight excluding hydrogens is 258 g/mol. The minimum absolute atomic E-state index is 0.0120. The molecule has 0 spiro atoms. The molecule has 8 heteroatoms. The predicted octanol–water partition coefficient (Wildman–Crippen LogP) is 0.697. The van der Waals surface area contributed by atoms with Gasteiger partial charge in [0.1, 0.15) is 0 Å². The number of ether oxygens (including phenoxy) is 1. The molecule has 0 radical (unpaired) electrons. The van der Waals surface area contributed by atoms with Gasteiger partial charge in [-0.05, 0) is 47.8 Å². The van der Waals surface area contributed by atoms with Gasteiger partial charge in [-0.1, -0.05) is 0 Å². The topological polar surface area (TPSA) is 101 Å². The highest BCUT2D eigenvalue weighted by molar-refractivity contribution is 5.35. The summed E-state index contributed by atoms with van der Waals surface area (Å²) in [6.45, 7) is 6.88. The first-order valence-corrected chi connectivity index (χ1v) is 6.71. The lowest BCUT2D eigenvalue weighted by molar-refractivity contribution is 0.222. The molecule has 0 fully saturated rings. The molecule has 4 N–H and O–H groups in total. The summed E-state index contributed by atoms with van der Waals surface area (Å²) in [7, 11) is 4.08. The van der Waals surface area contributed by atoms with Crippen LogP contribution in [0.3, 0.4) is 0 Å². The van der Waals surface area contributed by atoms with Gasteiger partial charge in [0.05, 0.1) is 6.10 Å². The minimum atomic E-state index is -0.0120. The van der Waals surface area contributed by atoms with E-state index in [4.69, 9.17) is 10.6 Å². The lowest BCUT2D eigenvalue weighted by Gasteiger charge is -2.17. The van der Waals surface area contributed by atoms with Crippen LogP contribution in [-0.2, 0) is 0 Å². The van der Waals surface area contributed by atoms with E-state index in [0.29, 0.717) is 5.95 Å². The second-order valence-electron chi connectivity index (χ2n) is 5.21. The zero-order valence-corrected chi connectivity index (χ0v) is 12.8. The van der Waals surface area contributed by atoms with E-state index in [2.05, 4.69) is 37.5 Å². The Kier molecular flexibility index (Phi) is 6.40. The van der Waals surface area contributed by atoms with Crippen molar-refractivity contribution in [3.8, 4) is 6.01 Å². The average Bonchev–Trinajstić information content (AvgIpc) is 2.35. The molecule has 0 aromatic carbocycles. The fourth-order valence-electron chi connectivity index (χ4n) is 1.49. The third kappa shape index (κ3) is 5.98. The molecule has 8 nitrogen and oxygen atoms in total. The van der Waals surface area contributed by atoms with E-state index in [9.17, 15) is 0 Å². The maximum Gasteiger partial charge on any atom is 0.323 e. The molecule has 0 saturated carbocycles. The van der Waals surface area contributed by atoms with Crippen molar-refractivity contribution in [2.24, 2.45) is 5.84 Å². The third-order valence-corrected chi connectivity index (χ3v) is 2.47. The molecule has 1 rings (SSSR count). The van der Waals surface area contributed by atoms with E-state index in [-0.39, 0.29) is 24.1 Å². The van der Waals surface area contributed by atoms with Crippen LogP contribution < -0.4 is 21.3 Å². The molecule has 0 bridgehead atoms. The van der Waals surface area contributed by atoms with Crippen molar-refractivity contribution < 1.29 is 4.74 Å². The number of nitrogens with two attached hydrogens (primary N) is 1. The number of nitrogen functional groups attached to an aromatic ring is 1. The maximum atomic E-state index is 5.47. The number of rotatable bonds is 8. The van der Waals surface area contributed by atoms with Crippen molar-refractivity contribution in [1.29, 1.82) is 0 Å². The van der Waals surface area contributed by atoms with Crippen molar-refractivity contribution in [2.75, 3.05) is 31.4 Å². The number of nitrogens with zero attached hydrogens (tertiary/aromatic N) is 4. The highest BCUT2D eigenvalue weighted by atomic mass is 16.5. The first-order chi connectivity index (χ1) is 9.40. The molecule has 1 aromatic rings. The average molecular weight is 283 g/mol. The van der Waals surface area contributed by atoms with Crippen LogP contribution in [0.4, 0.5) is 11.9 Å². The Labute approximate surface area is 120 Å². The Morgan fingerprint density at radius 3 is 2.35 bits per heavy atom. The first-order valence-electron chi connectivity index (χ1n) is 6.71. The Balaban J connectivity index is 2.72. The molecule has 20 heavy (non-hydrogen) atoms. The van der Waals surface area contributed by atoms with Crippen LogP contribution in [0.5, 0.6) is 6.01 Å². The molecule has 114 valence electrons. The molecular formula is C12H25N7O. The second-order valence-corrected chi connectivity index (χ2v) is 5.21. The first kappa shape index (κ1) is 16.4. The van der Waals surface area contributed by atoms with Crippen LogP contribution in [0.1, 0.15) is 27.2 Å². The van der Waals surface area contributed by atoms with Gasteiger partial charge >= 0.3 is 6.01 Å². The Bertz CT molecular complexity index is 411. The van der Waals surface area contributed by atoms with Gasteiger partial charge in [-0.3, -0.25) is 5.43 Å². The molecule has 0 amide bonds. The summed E-state index contributed by atoms with van der Waals surface area (Å²) in [5.41, 5.74) is 2.41. The Morgan fingerprint density at radius 1 is 1.15 bits per heavy atom. The fraction of sp³-hybridized carbons (Fsp3) is 0.750. The van der Waals surface area contributed by atoms with Gasteiger partial charge in [0.15, 0.2) is 0 Å². The molecule has 0 aliphatic heterocycles. The number of anilines is 2. The van der Waals surface area contributed by atoms with Gasteiger partial charge in [0, 0.05) is 6.04 Å². The number of hydrogen-bond acceptors (Lipinski definition) is 8. The van der Waals surface area contributed by atoms with E-state index in [0.717, 1.165) is 13.0 Å². The zero-order valence-electron chi connectivity index (χ0n) is 12.8. The molecule has 1 aromatic heterocycles. The van der Waals surface area contributed by atoms with E-state index in [1.165, 1.54) is 0 Å². The van der Waals surface area contributed by atoms with Gasteiger partial charge < -0.3 is 15.0 Å². The maximum absolute atomic E-state index is 5.47. The quantitative estimate of drug-likeness (QED) is 0.473. The van der Waals surface area contributed by atoms with Crippen molar-refractivity contribution in [2.45, 2.75) is 39.3 Å². The van der Waals surface area contributed by atoms with Crippen molar-refractivity contribution in [3.63, 3.8) is 0 Å². The van der Waals surface area contributed by atoms with Crippen LogP contribution in [-0.4, -0.2) is 52.6 Å². The molecule has 1 heterocycles. The van der Waals surface area contributed by atoms with Crippen molar-refractivity contribution >= 4 is 11.9 Å². The molecule has 0 aliphatic rings. The summed E-state index contributed by atoms with van der Waals surface area (Å²) < 4.78 is 5.47. The summed E-state index contributed by atoms with van der Waals surface area (Å²) in [5.74, 6) is 6.08. The standard InChI is InChI=1S/C12H25N7O/c1-8(2)20-12-16-10(15-11(17-12)18-13)14-9(3)6-7-19(4)5/h8-9H,6-7,13H2,1-5H3,(H2,14,15,16,17,18). The monoisotopic (exact) mass is 283 g/mol. The van der Waals surface area contributed by atoms with Crippen LogP contribution in [0.15, 0.2) is 0 Å². The predicted molar refractivity (Wildman–Crippen MR) is 79.7 cm³/mol. The summed E-state index contributed by atoms with van der Waals surface area (Å²) in [6.07, 6.45) is 0.965. The lowest BCUT2D eigenvalue weighted by atomic mass is 10.2. The highest BCUT2D eigenvalue weighted by Crippen LogP contribution is 2.13. The molecule has 1 atom stereocenters. The number of nitrogens with one attached hydrogen (secondary N) is 2. The van der Waals surface area contributed by atoms with Crippen molar-refractivity contribution in [1.82, 2.24) is 19.9 Å². The summed E-state index contributed by atoms with van der Waals surface area (Å²) in [4.78, 5) is 14.6. The second kappa shape index (κ2) is 7.81. The molecule has 0 aliphatic carbocycles. The van der Waals surface area contributed by atoms with Gasteiger partial charge in [-0.15, -0.1) is 0 Å². The van der Waals surface area contributed by atoms with Gasteiger partial charge in [0.25, 0.3) is 0 Å². The van der Waals surface area contributed by atoms with E-state index in [1.807, 2.05) is 27.9 Å². The van der Waals surface area contributed by atoms with Gasteiger partial charge in [-0.2, -0.15) is 15.0 Å². The normalized spacial score (nSPS) is 12.6. The Morgan fingerprint density at radius 2 is 1.80 bits per heavy atom. The van der Waals surface area contributed by atoms with Gasteiger partial charge in [0.2, 0.25) is 11.9 Å². The summed E-state index contributed by atoms with van der Waals surface area (Å²) in [6, 6.07) is 0.489. The number of hydrazine groups is 1. The summed E-state index contributed by atoms with van der Waals surface area (Å²) >= 11 is 0. The number of hydrogen-bond donors (Lipinski definition) is 3. The lowest BCUT2D eigenvalue weighted by Crippen LogP contribution is -2.24. The largest absolute Gasteiger partial charge is 0.461 e. The van der Waals surface area contributed by atoms with Crippen LogP contribution in [0.2, 0.25) is 0 Å². The fourth-order valence-corrected chi connectivity index (χ4v) is 1.49. The van der Waals surface area contributed by atoms with Crippen molar-refractivity contribution in [3.05, 3.63) is 0 Å². The SMILES string of the molecule is CC(CCN(C)C)Nc1nc(NN)nc(OC(C)C)n1. The number of aromatic nitrogens is 3. The highest BCUT2D eigenvalue weighted by Gasteiger charge is 2.11. The molecule has 1 unspecified atom stereocenters. The third-order valence-electron chi connectivity index (χ3n) is 2.47. The van der Waals surface area contributed by atoms with E-state index < -0.39 is 0 Å². The molecule has 0 saturated heterocycles. The van der Waals surface area contributed by atoms with Crippen LogP contribution in [0.25, 0.3) is 0 Å². The smallest absolute Gasteiger partial charge is 0.323 e. The van der Waals surface area contributed by atoms with Crippen LogP contribution in [0, 0.1) is 0 Å². The van der Waals surface area contributed by atoms with Crippen LogP contribution >= 0.6 is 0 Å². The zero-order chi connectivity index (χ0) is 15.1. The van der Waals surface area contributed by atoms with E-state index >= 15 is 0 Å². The van der Waals surface area contributed by atoms with E-state index in [1.54, 1.807) is 0 Å².